The molecule has 0 atom stereocenters. The summed E-state index contributed by atoms with van der Waals surface area (Å²) < 4.78 is 6.98. The van der Waals surface area contributed by atoms with E-state index in [0.717, 1.165) is 10.6 Å². The number of amides is 2. The Bertz CT molecular complexity index is 1490. The Balaban J connectivity index is 1.60. The number of nitrogens with zero attached hydrogens (tertiary/aromatic N) is 5. The Hall–Kier alpha value is -5.03. The van der Waals surface area contributed by atoms with Crippen molar-refractivity contribution in [2.45, 2.75) is 6.92 Å². The van der Waals surface area contributed by atoms with Gasteiger partial charge in [0.1, 0.15) is 17.3 Å². The molecule has 5 rings (SSSR count). The van der Waals surface area contributed by atoms with Crippen LogP contribution in [0.3, 0.4) is 0 Å². The third kappa shape index (κ3) is 3.51. The third-order valence-electron chi connectivity index (χ3n) is 5.32. The lowest BCUT2D eigenvalue weighted by atomic mass is 10.1. The van der Waals surface area contributed by atoms with Crippen LogP contribution in [-0.4, -0.2) is 32.3 Å². The summed E-state index contributed by atoms with van der Waals surface area (Å²) >= 11 is 0. The van der Waals surface area contributed by atoms with Crippen molar-refractivity contribution >= 4 is 23.6 Å². The van der Waals surface area contributed by atoms with Gasteiger partial charge in [-0.1, -0.05) is 48.5 Å². The van der Waals surface area contributed by atoms with Crippen molar-refractivity contribution in [3.05, 3.63) is 101 Å². The Morgan fingerprint density at radius 3 is 2.38 bits per heavy atom. The van der Waals surface area contributed by atoms with Gasteiger partial charge in [0.05, 0.1) is 23.2 Å². The van der Waals surface area contributed by atoms with Crippen molar-refractivity contribution < 1.29 is 14.0 Å². The number of imide groups is 1. The predicted molar refractivity (Wildman–Crippen MR) is 125 cm³/mol. The number of hydrogen-bond acceptors (Lipinski definition) is 6. The van der Waals surface area contributed by atoms with Gasteiger partial charge in [-0.3, -0.25) is 9.59 Å². The van der Waals surface area contributed by atoms with E-state index < -0.39 is 11.8 Å². The highest BCUT2D eigenvalue weighted by Gasteiger charge is 2.37. The maximum Gasteiger partial charge on any atom is 0.303 e. The first kappa shape index (κ1) is 20.8. The minimum Gasteiger partial charge on any atom is -0.463 e. The first-order valence-electron chi connectivity index (χ1n) is 10.4. The van der Waals surface area contributed by atoms with Crippen LogP contribution in [0.2, 0.25) is 0 Å². The lowest BCUT2D eigenvalue weighted by Gasteiger charge is -2.08. The molecule has 1 aliphatic rings. The molecule has 0 spiro atoms. The van der Waals surface area contributed by atoms with Crippen molar-refractivity contribution in [2.75, 3.05) is 0 Å². The zero-order valence-corrected chi connectivity index (χ0v) is 18.0. The lowest BCUT2D eigenvalue weighted by Crippen LogP contribution is -2.30. The van der Waals surface area contributed by atoms with Crippen molar-refractivity contribution in [3.8, 4) is 23.2 Å². The molecule has 164 valence electrons. The average Bonchev–Trinajstić information content (AvgIpc) is 3.59. The normalized spacial score (nSPS) is 14.4. The van der Waals surface area contributed by atoms with Crippen LogP contribution in [0.25, 0.3) is 23.2 Å². The van der Waals surface area contributed by atoms with Crippen LogP contribution in [0.1, 0.15) is 28.5 Å². The molecule has 0 N–H and O–H groups in total. The minimum atomic E-state index is -0.792. The van der Waals surface area contributed by atoms with Gasteiger partial charge in [0.25, 0.3) is 5.91 Å². The van der Waals surface area contributed by atoms with Gasteiger partial charge < -0.3 is 4.42 Å². The van der Waals surface area contributed by atoms with Gasteiger partial charge in [0.15, 0.2) is 11.5 Å². The third-order valence-corrected chi connectivity index (χ3v) is 5.32. The second-order valence-corrected chi connectivity index (χ2v) is 7.48. The fourth-order valence-corrected chi connectivity index (χ4v) is 3.71. The van der Waals surface area contributed by atoms with Gasteiger partial charge in [0.2, 0.25) is 0 Å². The quantitative estimate of drug-likeness (QED) is 0.340. The number of hydrogen-bond donors (Lipinski definition) is 0. The number of carbonyl (C=O) groups excluding carboxylic acids is 2. The van der Waals surface area contributed by atoms with E-state index in [1.165, 1.54) is 10.9 Å². The predicted octanol–water partition coefficient (Wildman–Crippen LogP) is 4.45. The van der Waals surface area contributed by atoms with E-state index >= 15 is 0 Å². The summed E-state index contributed by atoms with van der Waals surface area (Å²) in [6, 6.07) is 23.8. The van der Waals surface area contributed by atoms with Crippen molar-refractivity contribution in [1.82, 2.24) is 14.8 Å². The molecule has 0 unspecified atom stereocenters. The summed E-state index contributed by atoms with van der Waals surface area (Å²) in [7, 11) is 0. The van der Waals surface area contributed by atoms with E-state index in [1.54, 1.807) is 37.3 Å². The van der Waals surface area contributed by atoms with Gasteiger partial charge in [-0.05, 0) is 42.8 Å². The largest absolute Gasteiger partial charge is 0.463 e. The molecule has 0 bridgehead atoms. The number of carbonyl (C=O) groups is 2. The second kappa shape index (κ2) is 8.48. The highest BCUT2D eigenvalue weighted by molar-refractivity contribution is 6.30. The molecule has 2 amide bonds. The first-order valence-corrected chi connectivity index (χ1v) is 10.4. The zero-order chi connectivity index (χ0) is 23.7. The fourth-order valence-electron chi connectivity index (χ4n) is 3.71. The lowest BCUT2D eigenvalue weighted by molar-refractivity contribution is -0.123. The van der Waals surface area contributed by atoms with E-state index in [0.29, 0.717) is 28.4 Å². The van der Waals surface area contributed by atoms with Crippen LogP contribution in [0, 0.1) is 11.3 Å². The summed E-state index contributed by atoms with van der Waals surface area (Å²) in [4.78, 5) is 26.6. The molecule has 2 aromatic heterocycles. The Morgan fingerprint density at radius 2 is 1.74 bits per heavy atom. The topological polar surface area (TPSA) is 104 Å². The molecule has 0 aliphatic carbocycles. The number of rotatable bonds is 4. The van der Waals surface area contributed by atoms with Crippen LogP contribution in [-0.2, 0) is 4.79 Å². The minimum absolute atomic E-state index is 0.00931. The van der Waals surface area contributed by atoms with E-state index in [4.69, 9.17) is 4.42 Å². The van der Waals surface area contributed by atoms with E-state index in [1.807, 2.05) is 48.5 Å². The SMILES string of the molecule is CC1=NN(C(=O)c2nn(-c3ccccc3)c(-c3ccco3)c2C#N)C(=O)/C1=C\c1ccccc1. The number of hydrazone groups is 1. The maximum atomic E-state index is 13.5. The molecule has 8 nitrogen and oxygen atoms in total. The molecule has 0 saturated heterocycles. The van der Waals surface area contributed by atoms with Crippen molar-refractivity contribution in [3.63, 3.8) is 0 Å². The van der Waals surface area contributed by atoms with Gasteiger partial charge >= 0.3 is 5.91 Å². The van der Waals surface area contributed by atoms with Crippen molar-refractivity contribution in [2.24, 2.45) is 5.10 Å². The first-order chi connectivity index (χ1) is 16.6. The van der Waals surface area contributed by atoms with Crippen LogP contribution in [0.4, 0.5) is 0 Å². The van der Waals surface area contributed by atoms with E-state index in [2.05, 4.69) is 16.3 Å². The van der Waals surface area contributed by atoms with Crippen LogP contribution >= 0.6 is 0 Å². The number of para-hydroxylation sites is 1. The fraction of sp³-hybridized carbons (Fsp3) is 0.0385. The highest BCUT2D eigenvalue weighted by Crippen LogP contribution is 2.31. The summed E-state index contributed by atoms with van der Waals surface area (Å²) in [5.41, 5.74) is 2.24. The molecule has 2 aromatic carbocycles. The smallest absolute Gasteiger partial charge is 0.303 e. The van der Waals surface area contributed by atoms with E-state index in [9.17, 15) is 14.9 Å². The number of nitriles is 1. The summed E-state index contributed by atoms with van der Waals surface area (Å²) in [6.45, 7) is 1.65. The van der Waals surface area contributed by atoms with Gasteiger partial charge in [-0.25, -0.2) is 4.68 Å². The Kier molecular flexibility index (Phi) is 5.20. The van der Waals surface area contributed by atoms with Crippen molar-refractivity contribution in [1.29, 1.82) is 5.26 Å². The molecule has 8 heteroatoms. The summed E-state index contributed by atoms with van der Waals surface area (Å²) in [5, 5.41) is 19.3. The molecular weight excluding hydrogens is 430 g/mol. The molecule has 0 saturated carbocycles. The average molecular weight is 447 g/mol. The zero-order valence-electron chi connectivity index (χ0n) is 18.0. The summed E-state index contributed by atoms with van der Waals surface area (Å²) in [5.74, 6) is -1.01. The monoisotopic (exact) mass is 447 g/mol. The molecule has 0 fully saturated rings. The standard InChI is InChI=1S/C26H17N5O3/c1-17-20(15-18-9-4-2-5-10-18)25(32)31(28-17)26(33)23-21(16-27)24(22-13-8-14-34-22)30(29-23)19-11-6-3-7-12-19/h2-15H,1H3/b20-15-. The molecule has 34 heavy (non-hydrogen) atoms. The molecular formula is C26H17N5O3. The Labute approximate surface area is 194 Å². The van der Waals surface area contributed by atoms with E-state index in [-0.39, 0.29) is 11.3 Å². The Morgan fingerprint density at radius 1 is 1.03 bits per heavy atom. The van der Waals surface area contributed by atoms with Crippen LogP contribution in [0.5, 0.6) is 0 Å². The van der Waals surface area contributed by atoms with Crippen LogP contribution < -0.4 is 0 Å². The molecule has 4 aromatic rings. The second-order valence-electron chi connectivity index (χ2n) is 7.48. The van der Waals surface area contributed by atoms with Gasteiger partial charge in [0, 0.05) is 0 Å². The highest BCUT2D eigenvalue weighted by atomic mass is 16.3. The molecule has 1 aliphatic heterocycles. The van der Waals surface area contributed by atoms with Gasteiger partial charge in [-0.2, -0.15) is 20.5 Å². The number of benzene rings is 2. The van der Waals surface area contributed by atoms with Gasteiger partial charge in [-0.15, -0.1) is 0 Å². The molecule has 3 heterocycles. The number of furan rings is 1. The summed E-state index contributed by atoms with van der Waals surface area (Å²) in [6.07, 6.45) is 3.15. The maximum absolute atomic E-state index is 13.5. The molecule has 0 radical (unpaired) electrons. The number of aromatic nitrogens is 2. The van der Waals surface area contributed by atoms with Crippen LogP contribution in [0.15, 0.2) is 94.2 Å².